The van der Waals surface area contributed by atoms with E-state index in [0.29, 0.717) is 26.3 Å². The van der Waals surface area contributed by atoms with E-state index in [-0.39, 0.29) is 17.4 Å². The van der Waals surface area contributed by atoms with E-state index in [4.69, 9.17) is 4.74 Å². The molecule has 1 fully saturated rings. The Bertz CT molecular complexity index is 1160. The monoisotopic (exact) mass is 449 g/mol. The maximum atomic E-state index is 13.5. The van der Waals surface area contributed by atoms with E-state index < -0.39 is 17.3 Å². The van der Waals surface area contributed by atoms with Gasteiger partial charge in [0.25, 0.3) is 5.91 Å². The van der Waals surface area contributed by atoms with Crippen LogP contribution in [0, 0.1) is 11.7 Å². The molecule has 1 saturated heterocycles. The third-order valence-corrected chi connectivity index (χ3v) is 5.92. The Labute approximate surface area is 192 Å². The van der Waals surface area contributed by atoms with Crippen LogP contribution in [-0.2, 0) is 16.0 Å². The van der Waals surface area contributed by atoms with Gasteiger partial charge in [-0.2, -0.15) is 0 Å². The molecule has 172 valence electrons. The number of hydrogen-bond acceptors (Lipinski definition) is 4. The highest BCUT2D eigenvalue weighted by atomic mass is 19.1. The molecule has 1 aliphatic rings. The van der Waals surface area contributed by atoms with Gasteiger partial charge in [0.2, 0.25) is 5.91 Å². The summed E-state index contributed by atoms with van der Waals surface area (Å²) in [6.07, 6.45) is 2.53. The van der Waals surface area contributed by atoms with Crippen molar-refractivity contribution in [2.24, 2.45) is 5.92 Å². The number of carbonyl (C=O) groups is 2. The molecular formula is C26H28FN3O3. The lowest BCUT2D eigenvalue weighted by atomic mass is 9.95. The minimum atomic E-state index is -1.15. The third-order valence-electron chi connectivity index (χ3n) is 5.92. The molecule has 7 heteroatoms. The molecule has 0 bridgehead atoms. The summed E-state index contributed by atoms with van der Waals surface area (Å²) in [5.74, 6) is -1.07. The van der Waals surface area contributed by atoms with Gasteiger partial charge in [0.1, 0.15) is 11.4 Å². The number of amides is 2. The first kappa shape index (κ1) is 22.9. The van der Waals surface area contributed by atoms with Gasteiger partial charge in [-0.15, -0.1) is 0 Å². The number of rotatable bonds is 5. The molecule has 0 spiro atoms. The van der Waals surface area contributed by atoms with E-state index >= 15 is 0 Å². The number of aromatic nitrogens is 1. The molecule has 0 aliphatic carbocycles. The van der Waals surface area contributed by atoms with E-state index in [9.17, 15) is 14.0 Å². The first-order valence-corrected chi connectivity index (χ1v) is 11.1. The predicted octanol–water partition coefficient (Wildman–Crippen LogP) is 3.60. The topological polar surface area (TPSA) is 71.5 Å². The van der Waals surface area contributed by atoms with Crippen molar-refractivity contribution in [2.75, 3.05) is 26.3 Å². The minimum absolute atomic E-state index is 0.108. The van der Waals surface area contributed by atoms with Gasteiger partial charge in [-0.1, -0.05) is 24.3 Å². The van der Waals surface area contributed by atoms with Crippen LogP contribution in [0.3, 0.4) is 0 Å². The molecule has 1 N–H and O–H groups in total. The Kier molecular flexibility index (Phi) is 6.70. The molecule has 3 aromatic rings. The molecule has 1 unspecified atom stereocenters. The third kappa shape index (κ3) is 5.37. The number of fused-ring (bicyclic) bond motifs is 1. The van der Waals surface area contributed by atoms with Gasteiger partial charge >= 0.3 is 0 Å². The molecule has 0 saturated carbocycles. The SMILES string of the molecule is CC(C)(NC(=O)c1cccc(F)c1)C(=O)N1CCOCC(Cc2cccc3ncccc23)C1. The molecule has 1 atom stereocenters. The lowest BCUT2D eigenvalue weighted by Gasteiger charge is -2.33. The largest absolute Gasteiger partial charge is 0.379 e. The summed E-state index contributed by atoms with van der Waals surface area (Å²) in [7, 11) is 0. The molecule has 0 radical (unpaired) electrons. The van der Waals surface area contributed by atoms with Gasteiger partial charge in [0.15, 0.2) is 0 Å². The van der Waals surface area contributed by atoms with E-state index in [1.807, 2.05) is 18.2 Å². The molecule has 2 aromatic carbocycles. The number of nitrogens with zero attached hydrogens (tertiary/aromatic N) is 2. The Morgan fingerprint density at radius 2 is 2.00 bits per heavy atom. The Morgan fingerprint density at radius 1 is 1.18 bits per heavy atom. The van der Waals surface area contributed by atoms with Crippen LogP contribution in [0.25, 0.3) is 10.9 Å². The van der Waals surface area contributed by atoms with Crippen LogP contribution in [-0.4, -0.2) is 53.5 Å². The zero-order valence-corrected chi connectivity index (χ0v) is 18.9. The number of hydrogen-bond donors (Lipinski definition) is 1. The van der Waals surface area contributed by atoms with Crippen molar-refractivity contribution in [1.82, 2.24) is 15.2 Å². The van der Waals surface area contributed by atoms with Crippen LogP contribution in [0.1, 0.15) is 29.8 Å². The quantitative estimate of drug-likeness (QED) is 0.646. The van der Waals surface area contributed by atoms with Gasteiger partial charge in [-0.3, -0.25) is 14.6 Å². The summed E-state index contributed by atoms with van der Waals surface area (Å²) in [5, 5.41) is 3.86. The first-order valence-electron chi connectivity index (χ1n) is 11.1. The van der Waals surface area contributed by atoms with Crippen molar-refractivity contribution >= 4 is 22.7 Å². The average molecular weight is 450 g/mol. The van der Waals surface area contributed by atoms with Gasteiger partial charge < -0.3 is 15.0 Å². The standard InChI is InChI=1S/C26H28FN3O3/c1-26(2,29-24(31)20-7-3-8-21(27)15-20)25(32)30-12-13-33-17-18(16-30)14-19-6-4-10-23-22(19)9-5-11-28-23/h3-11,15,18H,12-14,16-17H2,1-2H3,(H,29,31). The van der Waals surface area contributed by atoms with Crippen molar-refractivity contribution in [3.63, 3.8) is 0 Å². The van der Waals surface area contributed by atoms with Gasteiger partial charge in [0.05, 0.1) is 18.7 Å². The minimum Gasteiger partial charge on any atom is -0.379 e. The highest BCUT2D eigenvalue weighted by Gasteiger charge is 2.35. The smallest absolute Gasteiger partial charge is 0.252 e. The Morgan fingerprint density at radius 3 is 2.82 bits per heavy atom. The normalized spacial score (nSPS) is 16.9. The van der Waals surface area contributed by atoms with Crippen molar-refractivity contribution < 1.29 is 18.7 Å². The van der Waals surface area contributed by atoms with Gasteiger partial charge in [0, 0.05) is 36.2 Å². The Balaban J connectivity index is 1.47. The van der Waals surface area contributed by atoms with Crippen molar-refractivity contribution in [3.05, 3.63) is 77.7 Å². The van der Waals surface area contributed by atoms with Crippen LogP contribution < -0.4 is 5.32 Å². The molecule has 1 aliphatic heterocycles. The predicted molar refractivity (Wildman–Crippen MR) is 124 cm³/mol. The van der Waals surface area contributed by atoms with Gasteiger partial charge in [-0.25, -0.2) is 4.39 Å². The fourth-order valence-electron chi connectivity index (χ4n) is 4.28. The average Bonchev–Trinajstić information content (AvgIpc) is 3.04. The second kappa shape index (κ2) is 9.67. The number of nitrogens with one attached hydrogen (secondary N) is 1. The summed E-state index contributed by atoms with van der Waals surface area (Å²) in [5.41, 5.74) is 1.14. The number of halogens is 1. The highest BCUT2D eigenvalue weighted by molar-refractivity contribution is 5.99. The molecule has 4 rings (SSSR count). The van der Waals surface area contributed by atoms with E-state index in [1.165, 1.54) is 23.8 Å². The summed E-state index contributed by atoms with van der Waals surface area (Å²) in [4.78, 5) is 32.2. The summed E-state index contributed by atoms with van der Waals surface area (Å²) in [6.45, 7) is 5.30. The number of benzene rings is 2. The summed E-state index contributed by atoms with van der Waals surface area (Å²) < 4.78 is 19.3. The number of carbonyl (C=O) groups excluding carboxylic acids is 2. The maximum Gasteiger partial charge on any atom is 0.252 e. The maximum absolute atomic E-state index is 13.5. The van der Waals surface area contributed by atoms with Crippen LogP contribution in [0.2, 0.25) is 0 Å². The molecule has 6 nitrogen and oxygen atoms in total. The van der Waals surface area contributed by atoms with Crippen LogP contribution >= 0.6 is 0 Å². The lowest BCUT2D eigenvalue weighted by Crippen LogP contribution is -2.57. The molecular weight excluding hydrogens is 421 g/mol. The Hall–Kier alpha value is -3.32. The second-order valence-electron chi connectivity index (χ2n) is 8.97. The van der Waals surface area contributed by atoms with Crippen LogP contribution in [0.4, 0.5) is 4.39 Å². The summed E-state index contributed by atoms with van der Waals surface area (Å²) in [6, 6.07) is 15.5. The van der Waals surface area contributed by atoms with Crippen molar-refractivity contribution in [3.8, 4) is 0 Å². The lowest BCUT2D eigenvalue weighted by molar-refractivity contribution is -0.137. The fourth-order valence-corrected chi connectivity index (χ4v) is 4.28. The molecule has 2 heterocycles. The van der Waals surface area contributed by atoms with Crippen molar-refractivity contribution in [2.45, 2.75) is 25.8 Å². The molecule has 2 amide bonds. The van der Waals surface area contributed by atoms with Crippen molar-refractivity contribution in [1.29, 1.82) is 0 Å². The molecule has 1 aromatic heterocycles. The zero-order valence-electron chi connectivity index (χ0n) is 18.9. The zero-order chi connectivity index (χ0) is 23.4. The second-order valence-corrected chi connectivity index (χ2v) is 8.97. The van der Waals surface area contributed by atoms with Gasteiger partial charge in [-0.05, 0) is 56.2 Å². The highest BCUT2D eigenvalue weighted by Crippen LogP contribution is 2.22. The first-order chi connectivity index (χ1) is 15.8. The number of ether oxygens (including phenoxy) is 1. The van der Waals surface area contributed by atoms with E-state index in [0.717, 1.165) is 23.4 Å². The fraction of sp³-hybridized carbons (Fsp3) is 0.346. The van der Waals surface area contributed by atoms with E-state index in [1.54, 1.807) is 24.9 Å². The van der Waals surface area contributed by atoms with E-state index in [2.05, 4.69) is 22.4 Å². The number of pyridine rings is 1. The molecule has 33 heavy (non-hydrogen) atoms. The van der Waals surface area contributed by atoms with Crippen LogP contribution in [0.5, 0.6) is 0 Å². The summed E-state index contributed by atoms with van der Waals surface area (Å²) >= 11 is 0. The van der Waals surface area contributed by atoms with Crippen LogP contribution in [0.15, 0.2) is 60.8 Å².